The van der Waals surface area contributed by atoms with Crippen LogP contribution in [0.4, 0.5) is 0 Å². The summed E-state index contributed by atoms with van der Waals surface area (Å²) in [6.07, 6.45) is 0. The molecule has 0 amide bonds. The molecule has 0 rings (SSSR count). The van der Waals surface area contributed by atoms with Crippen LogP contribution in [-0.4, -0.2) is 23.1 Å². The first-order chi connectivity index (χ1) is 0. The van der Waals surface area contributed by atoms with Crippen molar-refractivity contribution in [3.05, 3.63) is 0 Å². The second-order valence-electron chi connectivity index (χ2n) is 0. The average molecular weight is 107 g/mol. The fourth-order valence-electron chi connectivity index (χ4n) is 0. The Bertz CT molecular complexity index is 8.00. The van der Waals surface area contributed by atoms with Gasteiger partial charge >= 0.3 is 44.8 Å². The molecule has 0 saturated carbocycles. The second kappa shape index (κ2) is 26.4. The van der Waals surface area contributed by atoms with Crippen LogP contribution in [0.3, 0.4) is 0 Å². The zero-order valence-corrected chi connectivity index (χ0v) is 4.97. The maximum Gasteiger partial charge on any atom is 4.00 e. The summed E-state index contributed by atoms with van der Waals surface area (Å²) in [4.78, 5) is 0. The van der Waals surface area contributed by atoms with Crippen LogP contribution in [0.15, 0.2) is 0 Å². The van der Waals surface area contributed by atoms with Gasteiger partial charge in [-0.3, -0.25) is 0 Å². The van der Waals surface area contributed by atoms with E-state index in [9.17, 15) is 0 Å². The molecule has 1 nitrogen and oxygen atoms in total. The molecule has 0 aromatic carbocycles. The van der Waals surface area contributed by atoms with Gasteiger partial charge in [0.25, 0.3) is 0 Å². The molecule has 0 atom stereocenters. The van der Waals surface area contributed by atoms with E-state index in [4.69, 9.17) is 0 Å². The van der Waals surface area contributed by atoms with Crippen molar-refractivity contribution in [1.82, 2.24) is 0 Å². The Morgan fingerprint density at radius 1 is 1.00 bits per heavy atom. The average Bonchev–Trinajstić information content (AvgIpc) is 0. The van der Waals surface area contributed by atoms with E-state index in [1.54, 1.807) is 0 Å². The molecule has 0 N–H and O–H groups in total. The van der Waals surface area contributed by atoms with E-state index in [2.05, 4.69) is 0 Å². The van der Waals surface area contributed by atoms with E-state index in [0.717, 1.165) is 0 Å². The summed E-state index contributed by atoms with van der Waals surface area (Å²) in [5.74, 6) is 0. The number of hydrogen-bond acceptors (Lipinski definition) is 0. The van der Waals surface area contributed by atoms with Crippen LogP contribution in [0.1, 0.15) is 0 Å². The summed E-state index contributed by atoms with van der Waals surface area (Å²) in [6, 6.07) is 0. The minimum absolute atomic E-state index is 0. The fraction of sp³-hybridized carbons (Fsp3) is 0. The van der Waals surface area contributed by atoms with Gasteiger partial charge in [-0.1, -0.05) is 0 Å². The molecule has 0 heterocycles. The van der Waals surface area contributed by atoms with Gasteiger partial charge in [-0.05, 0) is 0 Å². The molecule has 0 aromatic rings. The largest absolute Gasteiger partial charge is 4.00 e. The third-order valence-corrected chi connectivity index (χ3v) is 0. The minimum Gasteiger partial charge on any atom is -2.00 e. The molecule has 0 saturated heterocycles. The van der Waals surface area contributed by atoms with Crippen molar-refractivity contribution in [2.45, 2.75) is 0 Å². The molecule has 0 fully saturated rings. The maximum absolute atomic E-state index is 0. The van der Waals surface area contributed by atoms with E-state index in [1.807, 2.05) is 0 Å². The monoisotopic (exact) mass is 107 g/mol. The fourth-order valence-corrected chi connectivity index (χ4v) is 0. The number of rotatable bonds is 0. The van der Waals surface area contributed by atoms with E-state index in [1.165, 1.54) is 0 Å². The van der Waals surface area contributed by atoms with Crippen LogP contribution in [0.25, 0.3) is 0 Å². The molecular formula is FMgOTi+3. The van der Waals surface area contributed by atoms with E-state index in [0.29, 0.717) is 0 Å². The summed E-state index contributed by atoms with van der Waals surface area (Å²) in [5.41, 5.74) is 0. The smallest absolute Gasteiger partial charge is 2.00 e. The third kappa shape index (κ3) is 10.1. The molecule has 0 spiro atoms. The Kier molecular flexibility index (Phi) is 361. The van der Waals surface area contributed by atoms with Gasteiger partial charge in [0.15, 0.2) is 0 Å². The van der Waals surface area contributed by atoms with Crippen molar-refractivity contribution in [3.8, 4) is 0 Å². The van der Waals surface area contributed by atoms with Gasteiger partial charge in [-0.2, -0.15) is 0 Å². The van der Waals surface area contributed by atoms with Gasteiger partial charge in [0.1, 0.15) is 0 Å². The minimum atomic E-state index is 0. The van der Waals surface area contributed by atoms with Gasteiger partial charge in [-0.15, -0.1) is 0 Å². The van der Waals surface area contributed by atoms with Gasteiger partial charge in [0, 0.05) is 0 Å². The van der Waals surface area contributed by atoms with Crippen LogP contribution >= 0.6 is 0 Å². The third-order valence-electron chi connectivity index (χ3n) is 0. The quantitative estimate of drug-likeness (QED) is 0.287. The van der Waals surface area contributed by atoms with Gasteiger partial charge in [-0.25, -0.2) is 0 Å². The van der Waals surface area contributed by atoms with Gasteiger partial charge in [0.05, 0.1) is 0 Å². The molecular weight excluding hydrogens is 107 g/mol. The van der Waals surface area contributed by atoms with Crippen LogP contribution in [0.2, 0.25) is 0 Å². The molecule has 0 aromatic heterocycles. The first-order valence-electron chi connectivity index (χ1n) is 0. The second-order valence-corrected chi connectivity index (χ2v) is 0. The van der Waals surface area contributed by atoms with Crippen LogP contribution < -0.4 is 4.70 Å². The van der Waals surface area contributed by atoms with Crippen LogP contribution in [0, 0.1) is 0 Å². The van der Waals surface area contributed by atoms with Crippen molar-refractivity contribution in [2.75, 3.05) is 0 Å². The molecule has 0 aliphatic carbocycles. The van der Waals surface area contributed by atoms with Crippen molar-refractivity contribution in [3.63, 3.8) is 0 Å². The zero-order chi connectivity index (χ0) is 0. The Balaban J connectivity index is 0. The Labute approximate surface area is 54.9 Å². The topological polar surface area (TPSA) is 28.5 Å². The van der Waals surface area contributed by atoms with Crippen molar-refractivity contribution in [1.29, 1.82) is 0 Å². The zero-order valence-electron chi connectivity index (χ0n) is 1.99. The van der Waals surface area contributed by atoms with Gasteiger partial charge in [0.2, 0.25) is 0 Å². The first-order valence-corrected chi connectivity index (χ1v) is 0. The predicted octanol–water partition coefficient (Wildman–Crippen LogP) is -3.50. The summed E-state index contributed by atoms with van der Waals surface area (Å²) >= 11 is 0. The molecule has 0 radical (unpaired) electrons. The number of halogens is 1. The summed E-state index contributed by atoms with van der Waals surface area (Å²) < 4.78 is 0. The van der Waals surface area contributed by atoms with Crippen molar-refractivity contribution < 1.29 is 31.9 Å². The Hall–Kier alpha value is 1.37. The molecule has 0 aliphatic rings. The summed E-state index contributed by atoms with van der Waals surface area (Å²) in [6.45, 7) is 0. The molecule has 0 unspecified atom stereocenters. The van der Waals surface area contributed by atoms with Crippen molar-refractivity contribution >= 4 is 23.1 Å². The van der Waals surface area contributed by atoms with E-state index < -0.39 is 0 Å². The number of hydrogen-bond donors (Lipinski definition) is 0. The standard InChI is InChI=1S/FH.Mg.O.Ti/h1H;;;/q;+2;-2;+4/p-1. The first kappa shape index (κ1) is 54.6. The Morgan fingerprint density at radius 3 is 1.00 bits per heavy atom. The maximum atomic E-state index is 0. The SMILES string of the molecule is [F-].[Mg+2].[O-2].[Ti+4]. The molecule has 0 bridgehead atoms. The molecule has 16 valence electrons. The molecule has 4 heteroatoms. The molecule has 0 aliphatic heterocycles. The van der Waals surface area contributed by atoms with E-state index in [-0.39, 0.29) is 55.0 Å². The summed E-state index contributed by atoms with van der Waals surface area (Å²) in [7, 11) is 0. The molecule has 4 heavy (non-hydrogen) atoms. The van der Waals surface area contributed by atoms with Crippen molar-refractivity contribution in [2.24, 2.45) is 0 Å². The predicted molar refractivity (Wildman–Crippen MR) is 6.44 cm³/mol. The van der Waals surface area contributed by atoms with Crippen LogP contribution in [-0.2, 0) is 27.2 Å². The normalized spacial score (nSPS) is 0. The Morgan fingerprint density at radius 2 is 1.00 bits per heavy atom. The van der Waals surface area contributed by atoms with Crippen LogP contribution in [0.5, 0.6) is 0 Å². The summed E-state index contributed by atoms with van der Waals surface area (Å²) in [5, 5.41) is 0. The van der Waals surface area contributed by atoms with Gasteiger partial charge < -0.3 is 10.2 Å². The van der Waals surface area contributed by atoms with E-state index >= 15 is 0 Å².